The average molecular weight is 269 g/mol. The van der Waals surface area contributed by atoms with E-state index in [9.17, 15) is 14.4 Å². The summed E-state index contributed by atoms with van der Waals surface area (Å²) in [6, 6.07) is -0.524. The Bertz CT molecular complexity index is 499. The van der Waals surface area contributed by atoms with E-state index in [2.05, 4.69) is 15.6 Å². The van der Waals surface area contributed by atoms with Gasteiger partial charge in [0.1, 0.15) is 6.04 Å². The highest BCUT2D eigenvalue weighted by Crippen LogP contribution is 2.17. The van der Waals surface area contributed by atoms with Crippen molar-refractivity contribution < 1.29 is 19.5 Å². The summed E-state index contributed by atoms with van der Waals surface area (Å²) >= 11 is 1.16. The smallest absolute Gasteiger partial charge is 0.309 e. The molecule has 0 spiro atoms. The first kappa shape index (κ1) is 12.5. The molecule has 1 atom stereocenters. The first-order valence-electron chi connectivity index (χ1n) is 5.31. The summed E-state index contributed by atoms with van der Waals surface area (Å²) in [6.45, 7) is 0. The molecule has 0 bridgehead atoms. The number of thiazole rings is 1. The van der Waals surface area contributed by atoms with Crippen molar-refractivity contribution in [2.45, 2.75) is 25.3 Å². The van der Waals surface area contributed by atoms with Crippen molar-refractivity contribution in [1.82, 2.24) is 10.3 Å². The number of carboxylic acid groups (broad SMARTS) is 1. The number of carbonyl (C=O) groups is 3. The quantitative estimate of drug-likeness (QED) is 0.712. The number of carbonyl (C=O) groups excluding carboxylic acids is 2. The molecule has 0 aliphatic carbocycles. The molecule has 1 saturated heterocycles. The van der Waals surface area contributed by atoms with Crippen LogP contribution in [0.15, 0.2) is 5.38 Å². The molecule has 96 valence electrons. The average Bonchev–Trinajstić information content (AvgIpc) is 2.87. The largest absolute Gasteiger partial charge is 0.481 e. The minimum atomic E-state index is -0.971. The van der Waals surface area contributed by atoms with Crippen LogP contribution in [0.25, 0.3) is 0 Å². The molecule has 2 amide bonds. The Labute approximate surface area is 106 Å². The van der Waals surface area contributed by atoms with Crippen molar-refractivity contribution in [1.29, 1.82) is 0 Å². The third-order valence-electron chi connectivity index (χ3n) is 2.43. The fraction of sp³-hybridized carbons (Fsp3) is 0.400. The Hall–Kier alpha value is -1.96. The normalized spacial score (nSPS) is 18.4. The summed E-state index contributed by atoms with van der Waals surface area (Å²) in [4.78, 5) is 37.1. The van der Waals surface area contributed by atoms with Gasteiger partial charge in [-0.1, -0.05) is 0 Å². The maximum absolute atomic E-state index is 11.7. The van der Waals surface area contributed by atoms with Crippen molar-refractivity contribution in [3.05, 3.63) is 11.1 Å². The zero-order valence-electron chi connectivity index (χ0n) is 9.30. The SMILES string of the molecule is O=C(O)Cc1csc(NC(=O)[C@H]2CCC(=O)N2)n1. The van der Waals surface area contributed by atoms with Crippen molar-refractivity contribution >= 4 is 34.3 Å². The molecule has 2 heterocycles. The van der Waals surface area contributed by atoms with Crippen LogP contribution >= 0.6 is 11.3 Å². The van der Waals surface area contributed by atoms with E-state index in [0.29, 0.717) is 23.7 Å². The highest BCUT2D eigenvalue weighted by Gasteiger charge is 2.27. The van der Waals surface area contributed by atoms with Gasteiger partial charge >= 0.3 is 5.97 Å². The monoisotopic (exact) mass is 269 g/mol. The molecule has 18 heavy (non-hydrogen) atoms. The molecule has 3 N–H and O–H groups in total. The van der Waals surface area contributed by atoms with Crippen LogP contribution in [0.5, 0.6) is 0 Å². The molecule has 1 aliphatic rings. The number of rotatable bonds is 4. The van der Waals surface area contributed by atoms with Gasteiger partial charge < -0.3 is 15.7 Å². The topological polar surface area (TPSA) is 108 Å². The van der Waals surface area contributed by atoms with Gasteiger partial charge in [-0.15, -0.1) is 11.3 Å². The zero-order valence-corrected chi connectivity index (χ0v) is 10.1. The summed E-state index contributed by atoms with van der Waals surface area (Å²) in [5.41, 5.74) is 0.401. The second-order valence-electron chi connectivity index (χ2n) is 3.86. The van der Waals surface area contributed by atoms with E-state index in [-0.39, 0.29) is 18.2 Å². The maximum Gasteiger partial charge on any atom is 0.309 e. The predicted molar refractivity (Wildman–Crippen MR) is 63.2 cm³/mol. The minimum absolute atomic E-state index is 0.138. The van der Waals surface area contributed by atoms with Crippen molar-refractivity contribution in [3.63, 3.8) is 0 Å². The fourth-order valence-electron chi connectivity index (χ4n) is 1.60. The Morgan fingerprint density at radius 3 is 3.00 bits per heavy atom. The Morgan fingerprint density at radius 1 is 1.61 bits per heavy atom. The van der Waals surface area contributed by atoms with E-state index in [1.165, 1.54) is 0 Å². The van der Waals surface area contributed by atoms with E-state index in [1.54, 1.807) is 5.38 Å². The first-order chi connectivity index (χ1) is 8.54. The summed E-state index contributed by atoms with van der Waals surface area (Å²) < 4.78 is 0. The maximum atomic E-state index is 11.7. The highest BCUT2D eigenvalue weighted by molar-refractivity contribution is 7.13. The lowest BCUT2D eigenvalue weighted by Gasteiger charge is -2.08. The number of amides is 2. The number of anilines is 1. The lowest BCUT2D eigenvalue weighted by atomic mass is 10.2. The number of aromatic nitrogens is 1. The predicted octanol–water partition coefficient (Wildman–Crippen LogP) is -0.0127. The van der Waals surface area contributed by atoms with Gasteiger partial charge in [0, 0.05) is 11.8 Å². The summed E-state index contributed by atoms with van der Waals surface area (Å²) in [7, 11) is 0. The molecular formula is C10H11N3O4S. The lowest BCUT2D eigenvalue weighted by Crippen LogP contribution is -2.37. The molecule has 2 rings (SSSR count). The highest BCUT2D eigenvalue weighted by atomic mass is 32.1. The van der Waals surface area contributed by atoms with E-state index in [1.807, 2.05) is 0 Å². The number of nitrogens with zero attached hydrogens (tertiary/aromatic N) is 1. The van der Waals surface area contributed by atoms with Crippen LogP contribution in [-0.2, 0) is 20.8 Å². The summed E-state index contributed by atoms with van der Waals surface area (Å²) in [5.74, 6) is -1.43. The second kappa shape index (κ2) is 5.13. The minimum Gasteiger partial charge on any atom is -0.481 e. The number of hydrogen-bond acceptors (Lipinski definition) is 5. The summed E-state index contributed by atoms with van der Waals surface area (Å²) in [5, 5.41) is 15.6. The molecule has 8 heteroatoms. The zero-order chi connectivity index (χ0) is 13.1. The van der Waals surface area contributed by atoms with E-state index >= 15 is 0 Å². The van der Waals surface area contributed by atoms with Gasteiger partial charge in [-0.2, -0.15) is 0 Å². The summed E-state index contributed by atoms with van der Waals surface area (Å²) in [6.07, 6.45) is 0.644. The molecule has 0 aromatic carbocycles. The molecule has 0 unspecified atom stereocenters. The Balaban J connectivity index is 1.93. The molecule has 0 radical (unpaired) electrons. The fourth-order valence-corrected chi connectivity index (χ4v) is 2.32. The van der Waals surface area contributed by atoms with Gasteiger partial charge in [0.15, 0.2) is 5.13 Å². The van der Waals surface area contributed by atoms with Crippen LogP contribution in [0.1, 0.15) is 18.5 Å². The first-order valence-corrected chi connectivity index (χ1v) is 6.19. The number of carboxylic acids is 1. The van der Waals surface area contributed by atoms with Crippen LogP contribution in [0.4, 0.5) is 5.13 Å². The van der Waals surface area contributed by atoms with Gasteiger partial charge in [0.2, 0.25) is 11.8 Å². The molecular weight excluding hydrogens is 258 g/mol. The Morgan fingerprint density at radius 2 is 2.39 bits per heavy atom. The third-order valence-corrected chi connectivity index (χ3v) is 3.23. The van der Waals surface area contributed by atoms with Crippen LogP contribution in [0, 0.1) is 0 Å². The third kappa shape index (κ3) is 3.04. The van der Waals surface area contributed by atoms with Gasteiger partial charge in [-0.25, -0.2) is 4.98 Å². The standard InChI is InChI=1S/C10H11N3O4S/c14-7-2-1-6(12-7)9(17)13-10-11-5(4-18-10)3-8(15)16/h4,6H,1-3H2,(H,12,14)(H,15,16)(H,11,13,17)/t6-/m1/s1. The van der Waals surface area contributed by atoms with Crippen LogP contribution in [-0.4, -0.2) is 33.9 Å². The molecule has 1 aliphatic heterocycles. The van der Waals surface area contributed by atoms with Crippen LogP contribution in [0.3, 0.4) is 0 Å². The van der Waals surface area contributed by atoms with E-state index in [0.717, 1.165) is 11.3 Å². The van der Waals surface area contributed by atoms with E-state index < -0.39 is 12.0 Å². The molecule has 1 aromatic heterocycles. The molecule has 1 aromatic rings. The number of nitrogens with one attached hydrogen (secondary N) is 2. The molecule has 1 fully saturated rings. The van der Waals surface area contributed by atoms with Crippen LogP contribution < -0.4 is 10.6 Å². The van der Waals surface area contributed by atoms with Crippen molar-refractivity contribution in [2.24, 2.45) is 0 Å². The van der Waals surface area contributed by atoms with Gasteiger partial charge in [0.05, 0.1) is 12.1 Å². The van der Waals surface area contributed by atoms with Gasteiger partial charge in [0.25, 0.3) is 0 Å². The molecule has 7 nitrogen and oxygen atoms in total. The van der Waals surface area contributed by atoms with E-state index in [4.69, 9.17) is 5.11 Å². The number of aliphatic carboxylic acids is 1. The van der Waals surface area contributed by atoms with Crippen molar-refractivity contribution in [2.75, 3.05) is 5.32 Å². The van der Waals surface area contributed by atoms with Crippen LogP contribution in [0.2, 0.25) is 0 Å². The lowest BCUT2D eigenvalue weighted by molar-refractivity contribution is -0.136. The molecule has 0 saturated carbocycles. The Kier molecular flexibility index (Phi) is 3.56. The van der Waals surface area contributed by atoms with Crippen molar-refractivity contribution in [3.8, 4) is 0 Å². The number of hydrogen-bond donors (Lipinski definition) is 3. The second-order valence-corrected chi connectivity index (χ2v) is 4.72. The van der Waals surface area contributed by atoms with Gasteiger partial charge in [-0.05, 0) is 6.42 Å². The van der Waals surface area contributed by atoms with Gasteiger partial charge in [-0.3, -0.25) is 14.4 Å².